The highest BCUT2D eigenvalue weighted by Gasteiger charge is 2.29. The monoisotopic (exact) mass is 683 g/mol. The maximum atomic E-state index is 13.8. The van der Waals surface area contributed by atoms with Crippen LogP contribution in [0.25, 0.3) is 22.6 Å². The minimum atomic E-state index is -3.82. The molecule has 256 valence electrons. The first-order valence-electron chi connectivity index (χ1n) is 16.4. The second-order valence-electron chi connectivity index (χ2n) is 13.2. The van der Waals surface area contributed by atoms with Crippen molar-refractivity contribution in [3.05, 3.63) is 94.7 Å². The van der Waals surface area contributed by atoms with Gasteiger partial charge in [-0.25, -0.2) is 18.2 Å². The Bertz CT molecular complexity index is 2030. The number of aromatic nitrogens is 1. The topological polar surface area (TPSA) is 124 Å². The van der Waals surface area contributed by atoms with E-state index in [1.54, 1.807) is 0 Å². The van der Waals surface area contributed by atoms with E-state index in [0.29, 0.717) is 36.1 Å². The molecular weight excluding hydrogens is 642 g/mol. The molecule has 1 amide bonds. The number of morpholine rings is 1. The molecule has 4 aromatic rings. The van der Waals surface area contributed by atoms with Crippen molar-refractivity contribution in [3.63, 3.8) is 0 Å². The maximum absolute atomic E-state index is 13.8. The summed E-state index contributed by atoms with van der Waals surface area (Å²) in [5, 5.41) is 3.32. The van der Waals surface area contributed by atoms with Gasteiger partial charge in [-0.2, -0.15) is 4.31 Å². The zero-order valence-electron chi connectivity index (χ0n) is 28.2. The summed E-state index contributed by atoms with van der Waals surface area (Å²) in [4.78, 5) is 31.9. The number of ether oxygens (including phenoxy) is 3. The van der Waals surface area contributed by atoms with E-state index in [2.05, 4.69) is 56.4 Å². The number of esters is 1. The normalized spacial score (nSPS) is 16.3. The molecule has 0 spiro atoms. The summed E-state index contributed by atoms with van der Waals surface area (Å²) in [6.07, 6.45) is 4.43. The zero-order chi connectivity index (χ0) is 34.8. The van der Waals surface area contributed by atoms with Crippen LogP contribution in [-0.2, 0) is 36.1 Å². The first-order valence-corrected chi connectivity index (χ1v) is 17.9. The number of allylic oxidation sites excluding steroid dienone is 1. The van der Waals surface area contributed by atoms with Crippen LogP contribution in [-0.4, -0.2) is 69.6 Å². The summed E-state index contributed by atoms with van der Waals surface area (Å²) in [6, 6.07) is 20.2. The lowest BCUT2D eigenvalue weighted by Crippen LogP contribution is -2.40. The van der Waals surface area contributed by atoms with E-state index < -0.39 is 28.5 Å². The Kier molecular flexibility index (Phi) is 9.87. The molecule has 2 heterocycles. The lowest BCUT2D eigenvalue weighted by Gasteiger charge is -2.26. The Morgan fingerprint density at radius 3 is 2.45 bits per heavy atom. The van der Waals surface area contributed by atoms with Gasteiger partial charge in [0, 0.05) is 18.5 Å². The maximum Gasteiger partial charge on any atom is 0.339 e. The Morgan fingerprint density at radius 2 is 1.73 bits per heavy atom. The van der Waals surface area contributed by atoms with E-state index in [1.807, 2.05) is 24.3 Å². The third-order valence-electron chi connectivity index (χ3n) is 8.88. The number of rotatable bonds is 8. The standard InChI is InChI=1S/C38H41N3O7S/c1-38(2,3)27-14-12-25(13-15-27)22-26-8-7-10-30-35(29-9-5-6-11-31(29)40-36(26)30)37(43)48-24-34(42)39-32-23-28(16-17-33(32)46-4)49(44,45)41-18-20-47-21-19-41/h5-6,9,11-17,22-23H,7-8,10,18-21,24H2,1-4H3,(H,39,42)/b26-22-. The van der Waals surface area contributed by atoms with Gasteiger partial charge in [-0.1, -0.05) is 63.2 Å². The van der Waals surface area contributed by atoms with Crippen LogP contribution in [0.4, 0.5) is 5.69 Å². The van der Waals surface area contributed by atoms with Gasteiger partial charge in [0.25, 0.3) is 5.91 Å². The van der Waals surface area contributed by atoms with Crippen molar-refractivity contribution in [1.82, 2.24) is 9.29 Å². The van der Waals surface area contributed by atoms with E-state index in [-0.39, 0.29) is 34.8 Å². The number of pyridine rings is 1. The summed E-state index contributed by atoms with van der Waals surface area (Å²) in [5.41, 5.74) is 6.19. The number of fused-ring (bicyclic) bond motifs is 2. The number of anilines is 1. The van der Waals surface area contributed by atoms with Gasteiger partial charge in [-0.15, -0.1) is 0 Å². The lowest BCUT2D eigenvalue weighted by molar-refractivity contribution is -0.119. The van der Waals surface area contributed by atoms with Gasteiger partial charge in [-0.3, -0.25) is 4.79 Å². The summed E-state index contributed by atoms with van der Waals surface area (Å²) >= 11 is 0. The van der Waals surface area contributed by atoms with E-state index in [9.17, 15) is 18.0 Å². The molecule has 49 heavy (non-hydrogen) atoms. The van der Waals surface area contributed by atoms with Crippen molar-refractivity contribution in [2.75, 3.05) is 45.3 Å². The number of carbonyl (C=O) groups excluding carboxylic acids is 2. The Morgan fingerprint density at radius 1 is 1.00 bits per heavy atom. The SMILES string of the molecule is COc1ccc(S(=O)(=O)N2CCOCC2)cc1NC(=O)COC(=O)c1c2c(nc3ccccc13)/C(=C\c1ccc(C(C)(C)C)cc1)CCC2. The van der Waals surface area contributed by atoms with Gasteiger partial charge < -0.3 is 19.5 Å². The zero-order valence-corrected chi connectivity index (χ0v) is 29.1. The second kappa shape index (κ2) is 14.1. The predicted molar refractivity (Wildman–Crippen MR) is 189 cm³/mol. The molecule has 1 aliphatic heterocycles. The van der Waals surface area contributed by atoms with Gasteiger partial charge in [0.1, 0.15) is 5.75 Å². The van der Waals surface area contributed by atoms with Crippen LogP contribution in [0.1, 0.15) is 66.4 Å². The van der Waals surface area contributed by atoms with E-state index >= 15 is 0 Å². The molecule has 0 bridgehead atoms. The quantitative estimate of drug-likeness (QED) is 0.217. The number of para-hydroxylation sites is 1. The third-order valence-corrected chi connectivity index (χ3v) is 10.8. The molecule has 10 nitrogen and oxygen atoms in total. The molecule has 1 fully saturated rings. The van der Waals surface area contributed by atoms with Gasteiger partial charge in [0.15, 0.2) is 6.61 Å². The van der Waals surface area contributed by atoms with Crippen molar-refractivity contribution in [1.29, 1.82) is 0 Å². The number of benzene rings is 3. The summed E-state index contributed by atoms with van der Waals surface area (Å²) in [6.45, 7) is 7.06. The van der Waals surface area contributed by atoms with Crippen LogP contribution in [0.2, 0.25) is 0 Å². The number of methoxy groups -OCH3 is 1. The molecule has 1 N–H and O–H groups in total. The summed E-state index contributed by atoms with van der Waals surface area (Å²) in [5.74, 6) is -1.00. The number of sulfonamides is 1. The van der Waals surface area contributed by atoms with Crippen molar-refractivity contribution in [3.8, 4) is 5.75 Å². The average molecular weight is 684 g/mol. The highest BCUT2D eigenvalue weighted by molar-refractivity contribution is 7.89. The van der Waals surface area contributed by atoms with Crippen molar-refractivity contribution < 1.29 is 32.2 Å². The van der Waals surface area contributed by atoms with Crippen LogP contribution in [0.5, 0.6) is 5.75 Å². The molecule has 0 atom stereocenters. The highest BCUT2D eigenvalue weighted by atomic mass is 32.2. The number of carbonyl (C=O) groups is 2. The lowest BCUT2D eigenvalue weighted by atomic mass is 9.85. The van der Waals surface area contributed by atoms with Crippen LogP contribution in [0.15, 0.2) is 71.6 Å². The number of hydrogen-bond acceptors (Lipinski definition) is 8. The van der Waals surface area contributed by atoms with Crippen molar-refractivity contribution in [2.24, 2.45) is 0 Å². The fraction of sp³-hybridized carbons (Fsp3) is 0.342. The molecule has 2 aliphatic rings. The van der Waals surface area contributed by atoms with Crippen LogP contribution >= 0.6 is 0 Å². The fourth-order valence-corrected chi connectivity index (χ4v) is 7.69. The van der Waals surface area contributed by atoms with E-state index in [1.165, 1.54) is 35.2 Å². The molecular formula is C38H41N3O7S. The number of amides is 1. The van der Waals surface area contributed by atoms with Gasteiger partial charge >= 0.3 is 5.97 Å². The summed E-state index contributed by atoms with van der Waals surface area (Å²) < 4.78 is 44.1. The fourth-order valence-electron chi connectivity index (χ4n) is 6.26. The van der Waals surface area contributed by atoms with Gasteiger partial charge in [0.2, 0.25) is 10.0 Å². The number of nitrogens with zero attached hydrogens (tertiary/aromatic N) is 2. The Balaban J connectivity index is 1.24. The minimum absolute atomic E-state index is 0.00591. The van der Waals surface area contributed by atoms with E-state index in [4.69, 9.17) is 19.2 Å². The smallest absolute Gasteiger partial charge is 0.339 e. The molecule has 6 rings (SSSR count). The highest BCUT2D eigenvalue weighted by Crippen LogP contribution is 2.37. The Hall–Kier alpha value is -4.58. The molecule has 1 aliphatic carbocycles. The molecule has 0 saturated carbocycles. The molecule has 0 radical (unpaired) electrons. The average Bonchev–Trinajstić information content (AvgIpc) is 3.10. The number of nitrogens with one attached hydrogen (secondary N) is 1. The van der Waals surface area contributed by atoms with Gasteiger partial charge in [-0.05, 0) is 77.3 Å². The largest absolute Gasteiger partial charge is 0.495 e. The molecule has 1 saturated heterocycles. The molecule has 3 aromatic carbocycles. The predicted octanol–water partition coefficient (Wildman–Crippen LogP) is 6.23. The second-order valence-corrected chi connectivity index (χ2v) is 15.2. The molecule has 1 aromatic heterocycles. The van der Waals surface area contributed by atoms with Crippen molar-refractivity contribution in [2.45, 2.75) is 50.3 Å². The summed E-state index contributed by atoms with van der Waals surface area (Å²) in [7, 11) is -2.40. The van der Waals surface area contributed by atoms with Crippen molar-refractivity contribution >= 4 is 50.1 Å². The molecule has 0 unspecified atom stereocenters. The van der Waals surface area contributed by atoms with Crippen LogP contribution in [0.3, 0.4) is 0 Å². The van der Waals surface area contributed by atoms with E-state index in [0.717, 1.165) is 35.2 Å². The van der Waals surface area contributed by atoms with Crippen LogP contribution < -0.4 is 10.1 Å². The van der Waals surface area contributed by atoms with Gasteiger partial charge in [0.05, 0.1) is 47.7 Å². The Labute approximate surface area is 287 Å². The third kappa shape index (κ3) is 7.39. The first-order chi connectivity index (χ1) is 23.5. The molecule has 11 heteroatoms. The minimum Gasteiger partial charge on any atom is -0.495 e. The number of hydrogen-bond donors (Lipinski definition) is 1. The van der Waals surface area contributed by atoms with Crippen LogP contribution in [0, 0.1) is 0 Å². The first kappa shape index (κ1) is 34.3.